The van der Waals surface area contributed by atoms with Gasteiger partial charge in [0.15, 0.2) is 0 Å². The van der Waals surface area contributed by atoms with Crippen molar-refractivity contribution in [2.24, 2.45) is 0 Å². The summed E-state index contributed by atoms with van der Waals surface area (Å²) in [7, 11) is -2.84. The van der Waals surface area contributed by atoms with Crippen LogP contribution in [0.5, 0.6) is 0 Å². The molecular weight excluding hydrogens is 559 g/mol. The van der Waals surface area contributed by atoms with Crippen molar-refractivity contribution in [1.29, 1.82) is 0 Å². The number of pyridine rings is 1. The van der Waals surface area contributed by atoms with Crippen molar-refractivity contribution in [3.05, 3.63) is 80.2 Å². The van der Waals surface area contributed by atoms with E-state index in [4.69, 9.17) is 27.9 Å². The number of anilines is 1. The molecule has 0 fully saturated rings. The molecule has 1 atom stereocenters. The van der Waals surface area contributed by atoms with Crippen LogP contribution in [0.15, 0.2) is 54.2 Å². The predicted octanol–water partition coefficient (Wildman–Crippen LogP) is 4.53. The van der Waals surface area contributed by atoms with Crippen LogP contribution in [0.25, 0.3) is 0 Å². The normalized spacial score (nSPS) is 12.5. The average molecular weight is 586 g/mol. The Morgan fingerprint density at radius 2 is 1.76 bits per heavy atom. The molecule has 0 aliphatic heterocycles. The number of carbonyl (C=O) groups excluding carboxylic acids is 2. The Labute approximate surface area is 229 Å². The van der Waals surface area contributed by atoms with Gasteiger partial charge in [-0.2, -0.15) is 17.4 Å². The molecule has 2 N–H and O–H groups in total. The lowest BCUT2D eigenvalue weighted by Crippen LogP contribution is -2.51. The highest BCUT2D eigenvalue weighted by Crippen LogP contribution is 2.24. The summed E-state index contributed by atoms with van der Waals surface area (Å²) in [5, 5.41) is 4.80. The highest BCUT2D eigenvalue weighted by molar-refractivity contribution is 7.87. The number of ether oxygens (including phenoxy) is 1. The lowest BCUT2D eigenvalue weighted by atomic mass is 10.1. The van der Waals surface area contributed by atoms with E-state index in [9.17, 15) is 18.0 Å². The number of methoxy groups -OCH3 is 1. The van der Waals surface area contributed by atoms with Crippen molar-refractivity contribution in [3.8, 4) is 0 Å². The van der Waals surface area contributed by atoms with E-state index in [2.05, 4.69) is 15.0 Å². The minimum Gasteiger partial charge on any atom is -0.468 e. The van der Waals surface area contributed by atoms with Crippen LogP contribution in [-0.4, -0.2) is 48.8 Å². The molecule has 1 aromatic carbocycles. The number of benzene rings is 1. The third-order valence-electron chi connectivity index (χ3n) is 5.29. The number of carbonyl (C=O) groups is 2. The quantitative estimate of drug-likeness (QED) is 0.320. The van der Waals surface area contributed by atoms with Gasteiger partial charge in [0.05, 0.1) is 22.7 Å². The average Bonchev–Trinajstić information content (AvgIpc) is 3.36. The molecule has 0 saturated carbocycles. The minimum atomic E-state index is -4.03. The van der Waals surface area contributed by atoms with Gasteiger partial charge in [-0.25, -0.2) is 0 Å². The van der Waals surface area contributed by atoms with Gasteiger partial charge >= 0.3 is 5.97 Å². The minimum absolute atomic E-state index is 0.0348. The van der Waals surface area contributed by atoms with Crippen molar-refractivity contribution < 1.29 is 22.7 Å². The van der Waals surface area contributed by atoms with Crippen LogP contribution in [0.4, 0.5) is 5.69 Å². The van der Waals surface area contributed by atoms with Gasteiger partial charge in [0.25, 0.3) is 16.1 Å². The summed E-state index contributed by atoms with van der Waals surface area (Å²) < 4.78 is 35.1. The molecule has 37 heavy (non-hydrogen) atoms. The molecule has 9 nitrogen and oxygen atoms in total. The van der Waals surface area contributed by atoms with Gasteiger partial charge in [0.1, 0.15) is 6.04 Å². The van der Waals surface area contributed by atoms with Crippen LogP contribution in [0, 0.1) is 0 Å². The van der Waals surface area contributed by atoms with E-state index in [-0.39, 0.29) is 34.6 Å². The summed E-state index contributed by atoms with van der Waals surface area (Å²) in [6, 6.07) is 8.78. The van der Waals surface area contributed by atoms with Crippen molar-refractivity contribution in [3.63, 3.8) is 0 Å². The fourth-order valence-electron chi connectivity index (χ4n) is 3.45. The van der Waals surface area contributed by atoms with Gasteiger partial charge in [-0.05, 0) is 49.4 Å². The topological polar surface area (TPSA) is 118 Å². The number of rotatable bonds is 11. The first-order valence-corrected chi connectivity index (χ1v) is 14.2. The van der Waals surface area contributed by atoms with E-state index in [0.717, 1.165) is 4.88 Å². The van der Waals surface area contributed by atoms with E-state index in [0.29, 0.717) is 11.3 Å². The third kappa shape index (κ3) is 7.73. The number of esters is 1. The zero-order valence-corrected chi connectivity index (χ0v) is 23.4. The number of thiophene rings is 1. The number of nitrogens with one attached hydrogen (secondary N) is 2. The predicted molar refractivity (Wildman–Crippen MR) is 145 cm³/mol. The number of aromatic nitrogens is 1. The van der Waals surface area contributed by atoms with Crippen LogP contribution >= 0.6 is 34.5 Å². The molecule has 0 radical (unpaired) electrons. The molecule has 1 unspecified atom stereocenters. The zero-order valence-electron chi connectivity index (χ0n) is 20.3. The highest BCUT2D eigenvalue weighted by Gasteiger charge is 2.32. The SMILES string of the molecule is COC(=O)C(Cc1ccc(NC(=O)c2c(Cl)cncc2Cl)cc1)NS(=O)(=O)N(Cc1cccs1)C(C)C. The first-order valence-electron chi connectivity index (χ1n) is 11.1. The summed E-state index contributed by atoms with van der Waals surface area (Å²) >= 11 is 13.5. The summed E-state index contributed by atoms with van der Waals surface area (Å²) in [5.41, 5.74) is 1.19. The van der Waals surface area contributed by atoms with Gasteiger partial charge in [-0.15, -0.1) is 11.3 Å². The first kappa shape index (κ1) is 29.0. The Hall–Kier alpha value is -2.54. The molecule has 198 valence electrons. The molecule has 13 heteroatoms. The van der Waals surface area contributed by atoms with Crippen LogP contribution < -0.4 is 10.0 Å². The van der Waals surface area contributed by atoms with E-state index in [1.807, 2.05) is 17.5 Å². The molecule has 0 aliphatic carbocycles. The summed E-state index contributed by atoms with van der Waals surface area (Å²) in [4.78, 5) is 29.8. The Balaban J connectivity index is 1.73. The van der Waals surface area contributed by atoms with Gasteiger partial charge in [0.2, 0.25) is 0 Å². The Morgan fingerprint density at radius 1 is 1.11 bits per heavy atom. The number of halogens is 2. The smallest absolute Gasteiger partial charge is 0.324 e. The summed E-state index contributed by atoms with van der Waals surface area (Å²) in [6.45, 7) is 3.71. The monoisotopic (exact) mass is 584 g/mol. The van der Waals surface area contributed by atoms with E-state index >= 15 is 0 Å². The first-order chi connectivity index (χ1) is 17.5. The highest BCUT2D eigenvalue weighted by atomic mass is 35.5. The zero-order chi connectivity index (χ0) is 27.2. The number of nitrogens with zero attached hydrogens (tertiary/aromatic N) is 2. The summed E-state index contributed by atoms with van der Waals surface area (Å²) in [5.74, 6) is -1.23. The lowest BCUT2D eigenvalue weighted by molar-refractivity contribution is -0.142. The van der Waals surface area contributed by atoms with Crippen LogP contribution in [-0.2, 0) is 32.7 Å². The largest absolute Gasteiger partial charge is 0.468 e. The maximum Gasteiger partial charge on any atom is 0.324 e. The molecule has 3 rings (SSSR count). The lowest BCUT2D eigenvalue weighted by Gasteiger charge is -2.27. The Kier molecular flexibility index (Phi) is 10.0. The van der Waals surface area contributed by atoms with E-state index < -0.39 is 28.1 Å². The van der Waals surface area contributed by atoms with Gasteiger partial charge in [0, 0.05) is 35.5 Å². The number of hydrogen-bond acceptors (Lipinski definition) is 7. The molecule has 1 amide bonds. The van der Waals surface area contributed by atoms with Crippen molar-refractivity contribution in [2.75, 3.05) is 12.4 Å². The molecule has 0 saturated heterocycles. The maximum absolute atomic E-state index is 13.2. The Morgan fingerprint density at radius 3 is 2.30 bits per heavy atom. The van der Waals surface area contributed by atoms with Crippen LogP contribution in [0.2, 0.25) is 10.0 Å². The molecular formula is C24H26Cl2N4O5S2. The van der Waals surface area contributed by atoms with E-state index in [1.54, 1.807) is 38.1 Å². The molecule has 2 heterocycles. The third-order valence-corrected chi connectivity index (χ3v) is 8.47. The molecule has 0 aliphatic rings. The van der Waals surface area contributed by atoms with Gasteiger partial charge < -0.3 is 10.1 Å². The van der Waals surface area contributed by atoms with Crippen molar-refractivity contribution >= 4 is 62.3 Å². The van der Waals surface area contributed by atoms with Crippen molar-refractivity contribution in [2.45, 2.75) is 38.9 Å². The number of hydrogen-bond donors (Lipinski definition) is 2. The second-order valence-electron chi connectivity index (χ2n) is 8.25. The molecule has 0 spiro atoms. The molecule has 3 aromatic rings. The second kappa shape index (κ2) is 12.8. The Bertz CT molecular complexity index is 1310. The fraction of sp³-hybridized carbons (Fsp3) is 0.292. The van der Waals surface area contributed by atoms with Crippen LogP contribution in [0.3, 0.4) is 0 Å². The van der Waals surface area contributed by atoms with E-state index in [1.165, 1.54) is 35.1 Å². The number of amides is 1. The van der Waals surface area contributed by atoms with Crippen molar-refractivity contribution in [1.82, 2.24) is 14.0 Å². The second-order valence-corrected chi connectivity index (χ2v) is 11.8. The standard InChI is InChI=1S/C24H26Cl2N4O5S2/c1-15(2)30(14-18-5-4-10-36-18)37(33,34)29-21(24(32)35-3)11-16-6-8-17(9-7-16)28-23(31)22-19(25)12-27-13-20(22)26/h4-10,12-13,15,21,29H,11,14H2,1-3H3,(H,28,31). The fourth-order valence-corrected chi connectivity index (χ4v) is 6.31. The maximum atomic E-state index is 13.2. The summed E-state index contributed by atoms with van der Waals surface area (Å²) in [6.07, 6.45) is 2.67. The molecule has 2 aromatic heterocycles. The van der Waals surface area contributed by atoms with Crippen LogP contribution in [0.1, 0.15) is 34.6 Å². The van der Waals surface area contributed by atoms with Gasteiger partial charge in [-0.1, -0.05) is 41.4 Å². The molecule has 0 bridgehead atoms. The van der Waals surface area contributed by atoms with Gasteiger partial charge in [-0.3, -0.25) is 14.6 Å².